The summed E-state index contributed by atoms with van der Waals surface area (Å²) < 4.78 is 0. The summed E-state index contributed by atoms with van der Waals surface area (Å²) >= 11 is 0. The first-order valence-corrected chi connectivity index (χ1v) is 8.05. The number of aromatic nitrogens is 1. The summed E-state index contributed by atoms with van der Waals surface area (Å²) in [6.45, 7) is 0. The Kier molecular flexibility index (Phi) is 3.64. The third kappa shape index (κ3) is 2.61. The number of fused-ring (bicyclic) bond motifs is 3. The fourth-order valence-corrected chi connectivity index (χ4v) is 3.36. The van der Waals surface area contributed by atoms with Crippen molar-refractivity contribution in [1.82, 2.24) is 4.98 Å². The number of hydrazone groups is 1. The minimum atomic E-state index is -0.378. The van der Waals surface area contributed by atoms with Gasteiger partial charge in [-0.15, -0.1) is 0 Å². The monoisotopic (exact) mass is 337 g/mol. The lowest BCUT2D eigenvalue weighted by Gasteiger charge is -2.18. The van der Waals surface area contributed by atoms with Gasteiger partial charge in [-0.05, 0) is 43.4 Å². The van der Waals surface area contributed by atoms with Gasteiger partial charge >= 0.3 is 0 Å². The van der Waals surface area contributed by atoms with Crippen LogP contribution in [0, 0.1) is 10.1 Å². The van der Waals surface area contributed by atoms with Crippen LogP contribution in [0.3, 0.4) is 0 Å². The lowest BCUT2D eigenvalue weighted by atomic mass is 9.87. The van der Waals surface area contributed by atoms with E-state index in [-0.39, 0.29) is 22.2 Å². The maximum absolute atomic E-state index is 12.3. The fourth-order valence-electron chi connectivity index (χ4n) is 3.36. The van der Waals surface area contributed by atoms with Gasteiger partial charge in [0.2, 0.25) is 0 Å². The van der Waals surface area contributed by atoms with E-state index in [9.17, 15) is 14.9 Å². The second kappa shape index (κ2) is 5.97. The molecule has 1 aliphatic heterocycles. The molecule has 2 N–H and O–H groups in total. The van der Waals surface area contributed by atoms with Crippen LogP contribution in [0.1, 0.15) is 29.5 Å². The second-order valence-electron chi connectivity index (χ2n) is 5.98. The standard InChI is InChI=1S/C17H15N5O3/c23-17-16(21-20-14-7-3-4-8-18-14)12-9-13(22(24)25)10-5-1-2-6-11(10)15(12)19-17/h3-4,7-9H,1-2,5-6H2,(H,18,20)(H,19,21,23). The molecule has 0 saturated carbocycles. The van der Waals surface area contributed by atoms with Crippen molar-refractivity contribution in [2.24, 2.45) is 5.10 Å². The Labute approximate surface area is 143 Å². The zero-order valence-electron chi connectivity index (χ0n) is 13.3. The highest BCUT2D eigenvalue weighted by atomic mass is 16.6. The molecule has 1 aliphatic carbocycles. The van der Waals surface area contributed by atoms with E-state index >= 15 is 0 Å². The summed E-state index contributed by atoms with van der Waals surface area (Å²) in [7, 11) is 0. The van der Waals surface area contributed by atoms with Gasteiger partial charge in [0.15, 0.2) is 5.71 Å². The average Bonchev–Trinajstić information content (AvgIpc) is 2.95. The largest absolute Gasteiger partial charge is 0.320 e. The number of nitrogens with zero attached hydrogens (tertiary/aromatic N) is 3. The average molecular weight is 337 g/mol. The van der Waals surface area contributed by atoms with Gasteiger partial charge in [0.1, 0.15) is 5.82 Å². The third-order valence-corrected chi connectivity index (χ3v) is 4.48. The van der Waals surface area contributed by atoms with E-state index in [4.69, 9.17) is 0 Å². The van der Waals surface area contributed by atoms with E-state index in [1.807, 2.05) is 0 Å². The van der Waals surface area contributed by atoms with Crippen molar-refractivity contribution in [3.05, 3.63) is 57.3 Å². The summed E-state index contributed by atoms with van der Waals surface area (Å²) in [4.78, 5) is 27.5. The van der Waals surface area contributed by atoms with Gasteiger partial charge in [-0.2, -0.15) is 5.10 Å². The minimum absolute atomic E-state index is 0.0653. The molecule has 0 fully saturated rings. The van der Waals surface area contributed by atoms with Gasteiger partial charge < -0.3 is 5.32 Å². The minimum Gasteiger partial charge on any atom is -0.320 e. The molecule has 0 bridgehead atoms. The zero-order chi connectivity index (χ0) is 17.4. The fraction of sp³-hybridized carbons (Fsp3) is 0.235. The van der Waals surface area contributed by atoms with Crippen molar-refractivity contribution in [2.75, 3.05) is 10.7 Å². The summed E-state index contributed by atoms with van der Waals surface area (Å²) in [5.74, 6) is 0.121. The Morgan fingerprint density at radius 2 is 2.04 bits per heavy atom. The van der Waals surface area contributed by atoms with Gasteiger partial charge in [0.05, 0.1) is 10.6 Å². The molecule has 0 unspecified atom stereocenters. The number of rotatable bonds is 3. The van der Waals surface area contributed by atoms with Gasteiger partial charge in [-0.3, -0.25) is 20.3 Å². The van der Waals surface area contributed by atoms with Crippen molar-refractivity contribution >= 4 is 28.8 Å². The van der Waals surface area contributed by atoms with Crippen molar-refractivity contribution in [3.8, 4) is 0 Å². The molecule has 0 radical (unpaired) electrons. The zero-order valence-corrected chi connectivity index (χ0v) is 13.3. The van der Waals surface area contributed by atoms with Crippen LogP contribution in [0.5, 0.6) is 0 Å². The molecule has 8 heteroatoms. The number of hydrogen-bond donors (Lipinski definition) is 2. The summed E-state index contributed by atoms with van der Waals surface area (Å²) in [5, 5.41) is 18.4. The van der Waals surface area contributed by atoms with E-state index in [2.05, 4.69) is 20.8 Å². The molecule has 25 heavy (non-hydrogen) atoms. The second-order valence-corrected chi connectivity index (χ2v) is 5.98. The van der Waals surface area contributed by atoms with E-state index in [0.29, 0.717) is 23.5 Å². The van der Waals surface area contributed by atoms with Gasteiger partial charge in [-0.1, -0.05) is 6.07 Å². The number of hydrogen-bond acceptors (Lipinski definition) is 6. The molecule has 0 saturated heterocycles. The Morgan fingerprint density at radius 3 is 2.76 bits per heavy atom. The first-order valence-electron chi connectivity index (χ1n) is 8.05. The van der Waals surface area contributed by atoms with Gasteiger partial charge in [0, 0.05) is 23.4 Å². The van der Waals surface area contributed by atoms with Crippen molar-refractivity contribution in [2.45, 2.75) is 25.7 Å². The van der Waals surface area contributed by atoms with Crippen LogP contribution >= 0.6 is 0 Å². The molecule has 4 rings (SSSR count). The molecule has 126 valence electrons. The number of carbonyl (C=O) groups excluding carboxylic acids is 1. The van der Waals surface area contributed by atoms with Crippen molar-refractivity contribution in [3.63, 3.8) is 0 Å². The van der Waals surface area contributed by atoms with Crippen LogP contribution < -0.4 is 10.7 Å². The number of nitro groups is 1. The molecule has 1 aromatic carbocycles. The Bertz CT molecular complexity index is 908. The number of benzene rings is 1. The molecule has 0 spiro atoms. The topological polar surface area (TPSA) is 110 Å². The number of nitrogens with one attached hydrogen (secondary N) is 2. The lowest BCUT2D eigenvalue weighted by molar-refractivity contribution is -0.385. The summed E-state index contributed by atoms with van der Waals surface area (Å²) in [6, 6.07) is 6.73. The molecule has 2 aromatic rings. The smallest absolute Gasteiger partial charge is 0.276 e. The van der Waals surface area contributed by atoms with E-state index in [1.54, 1.807) is 24.4 Å². The van der Waals surface area contributed by atoms with E-state index < -0.39 is 0 Å². The summed E-state index contributed by atoms with van der Waals surface area (Å²) in [5.41, 5.74) is 5.66. The van der Waals surface area contributed by atoms with Gasteiger partial charge in [0.25, 0.3) is 11.6 Å². The van der Waals surface area contributed by atoms with Crippen LogP contribution in [0.25, 0.3) is 0 Å². The van der Waals surface area contributed by atoms with Crippen molar-refractivity contribution < 1.29 is 9.72 Å². The molecule has 2 aliphatic rings. The maximum atomic E-state index is 12.3. The quantitative estimate of drug-likeness (QED) is 0.661. The number of carbonyl (C=O) groups is 1. The first kappa shape index (κ1) is 15.3. The van der Waals surface area contributed by atoms with E-state index in [1.165, 1.54) is 6.07 Å². The molecular formula is C17H15N5O3. The maximum Gasteiger partial charge on any atom is 0.276 e. The molecular weight excluding hydrogens is 322 g/mol. The number of pyridine rings is 1. The predicted octanol–water partition coefficient (Wildman–Crippen LogP) is 2.64. The molecule has 0 atom stereocenters. The Hall–Kier alpha value is -3.29. The summed E-state index contributed by atoms with van der Waals surface area (Å²) in [6.07, 6.45) is 4.86. The SMILES string of the molecule is O=C1Nc2c(cc([N+](=O)[O-])c3c2CCCC3)C1=NNc1ccccn1. The highest BCUT2D eigenvalue weighted by molar-refractivity contribution is 6.54. The van der Waals surface area contributed by atoms with Crippen LogP contribution in [0.15, 0.2) is 35.6 Å². The number of amides is 1. The highest BCUT2D eigenvalue weighted by Crippen LogP contribution is 2.40. The molecule has 2 heterocycles. The highest BCUT2D eigenvalue weighted by Gasteiger charge is 2.35. The third-order valence-electron chi connectivity index (χ3n) is 4.48. The Balaban J connectivity index is 1.80. The van der Waals surface area contributed by atoms with E-state index in [0.717, 1.165) is 30.4 Å². The van der Waals surface area contributed by atoms with Crippen molar-refractivity contribution in [1.29, 1.82) is 0 Å². The van der Waals surface area contributed by atoms with Crippen LogP contribution in [-0.4, -0.2) is 21.5 Å². The molecule has 1 aromatic heterocycles. The molecule has 8 nitrogen and oxygen atoms in total. The number of anilines is 2. The Morgan fingerprint density at radius 1 is 1.24 bits per heavy atom. The van der Waals surface area contributed by atoms with Crippen LogP contribution in [-0.2, 0) is 17.6 Å². The normalized spacial score (nSPS) is 17.0. The van der Waals surface area contributed by atoms with Crippen LogP contribution in [0.4, 0.5) is 17.2 Å². The lowest BCUT2D eigenvalue weighted by Crippen LogP contribution is -2.16. The van der Waals surface area contributed by atoms with Gasteiger partial charge in [-0.25, -0.2) is 4.98 Å². The first-order chi connectivity index (χ1) is 12.1. The molecule has 1 amide bonds. The van der Waals surface area contributed by atoms with Crippen LogP contribution in [0.2, 0.25) is 0 Å². The predicted molar refractivity (Wildman–Crippen MR) is 92.8 cm³/mol. The number of nitro benzene ring substituents is 1.